The third kappa shape index (κ3) is 6.02. The zero-order valence-electron chi connectivity index (χ0n) is 23.9. The maximum atomic E-state index is 12.7. The van der Waals surface area contributed by atoms with Crippen LogP contribution in [0.2, 0.25) is 0 Å². The molecule has 2 heterocycles. The molecule has 3 N–H and O–H groups in total. The monoisotopic (exact) mass is 587 g/mol. The van der Waals surface area contributed by atoms with E-state index in [1.807, 2.05) is 78.9 Å². The molecular formula is C32H33N3O8. The van der Waals surface area contributed by atoms with Crippen molar-refractivity contribution in [1.29, 1.82) is 0 Å². The van der Waals surface area contributed by atoms with E-state index in [1.165, 1.54) is 19.2 Å². The number of nitrogens with zero attached hydrogens (tertiary/aromatic N) is 2. The van der Waals surface area contributed by atoms with Gasteiger partial charge in [-0.15, -0.1) is 0 Å². The number of amides is 1. The molecule has 0 aliphatic carbocycles. The Balaban J connectivity index is 1.51. The fourth-order valence-corrected chi connectivity index (χ4v) is 5.23. The first-order valence-corrected chi connectivity index (χ1v) is 13.6. The Morgan fingerprint density at radius 2 is 1.44 bits per heavy atom. The maximum absolute atomic E-state index is 12.7. The predicted octanol–water partition coefficient (Wildman–Crippen LogP) is 2.85. The summed E-state index contributed by atoms with van der Waals surface area (Å²) >= 11 is 0. The van der Waals surface area contributed by atoms with Gasteiger partial charge in [-0.3, -0.25) is 9.36 Å². The van der Waals surface area contributed by atoms with Gasteiger partial charge < -0.3 is 34.5 Å². The van der Waals surface area contributed by atoms with Crippen LogP contribution >= 0.6 is 0 Å². The van der Waals surface area contributed by atoms with Crippen molar-refractivity contribution in [3.63, 3.8) is 0 Å². The third-order valence-electron chi connectivity index (χ3n) is 7.38. The molecule has 0 radical (unpaired) electrons. The summed E-state index contributed by atoms with van der Waals surface area (Å²) in [6, 6.07) is 26.0. The topological polar surface area (TPSA) is 141 Å². The largest absolute Gasteiger partial charge is 0.497 e. The molecule has 4 aromatic rings. The highest BCUT2D eigenvalue weighted by Gasteiger charge is 2.46. The zero-order chi connectivity index (χ0) is 30.6. The number of ether oxygens (including phenoxy) is 4. The number of anilines is 1. The van der Waals surface area contributed by atoms with E-state index in [2.05, 4.69) is 10.3 Å². The fourth-order valence-electron chi connectivity index (χ4n) is 5.23. The van der Waals surface area contributed by atoms with Crippen LogP contribution in [0.4, 0.5) is 5.82 Å². The predicted molar refractivity (Wildman–Crippen MR) is 157 cm³/mol. The quantitative estimate of drug-likeness (QED) is 0.239. The standard InChI is InChI=1S/C32H33N3O8/c1-20(36)33-27-17-18-35(31(39)34-27)30-29(38)28(37)26(43-30)19-42-32(21-7-5-4-6-8-21,22-9-13-24(40-2)14-10-22)23-11-15-25(41-3)16-12-23/h4-18,26,28-30,37-38H,19H2,1-3H3,(H,33,34,36,39)/t26-,28-,29+,30-/m1/s1. The minimum Gasteiger partial charge on any atom is -0.497 e. The Morgan fingerprint density at radius 3 is 1.95 bits per heavy atom. The molecule has 5 rings (SSSR count). The second-order valence-corrected chi connectivity index (χ2v) is 10.0. The second-order valence-electron chi connectivity index (χ2n) is 10.0. The van der Waals surface area contributed by atoms with Crippen molar-refractivity contribution in [1.82, 2.24) is 9.55 Å². The summed E-state index contributed by atoms with van der Waals surface area (Å²) in [5.74, 6) is 1.02. The number of hydrogen-bond acceptors (Lipinski definition) is 9. The van der Waals surface area contributed by atoms with Gasteiger partial charge in [0.1, 0.15) is 41.2 Å². The molecule has 0 unspecified atom stereocenters. The van der Waals surface area contributed by atoms with Crippen molar-refractivity contribution >= 4 is 11.7 Å². The first kappa shape index (κ1) is 29.9. The molecule has 43 heavy (non-hydrogen) atoms. The van der Waals surface area contributed by atoms with E-state index in [4.69, 9.17) is 18.9 Å². The molecule has 0 bridgehead atoms. The van der Waals surface area contributed by atoms with Crippen molar-refractivity contribution in [3.05, 3.63) is 118 Å². The minimum absolute atomic E-state index is 0.0632. The molecular weight excluding hydrogens is 554 g/mol. The van der Waals surface area contributed by atoms with Gasteiger partial charge in [-0.25, -0.2) is 4.79 Å². The Hall–Kier alpha value is -4.55. The van der Waals surface area contributed by atoms with Crippen LogP contribution in [-0.4, -0.2) is 64.8 Å². The lowest BCUT2D eigenvalue weighted by atomic mass is 9.80. The first-order valence-electron chi connectivity index (χ1n) is 13.6. The molecule has 0 spiro atoms. The molecule has 4 atom stereocenters. The van der Waals surface area contributed by atoms with Gasteiger partial charge in [0, 0.05) is 13.1 Å². The molecule has 3 aromatic carbocycles. The molecule has 1 aromatic heterocycles. The van der Waals surface area contributed by atoms with E-state index in [-0.39, 0.29) is 18.3 Å². The van der Waals surface area contributed by atoms with Gasteiger partial charge in [-0.2, -0.15) is 4.98 Å². The summed E-state index contributed by atoms with van der Waals surface area (Å²) in [5.41, 5.74) is 0.430. The molecule has 224 valence electrons. The highest BCUT2D eigenvalue weighted by molar-refractivity contribution is 5.87. The summed E-state index contributed by atoms with van der Waals surface area (Å²) in [4.78, 5) is 27.9. The lowest BCUT2D eigenvalue weighted by Crippen LogP contribution is -2.39. The molecule has 1 saturated heterocycles. The van der Waals surface area contributed by atoms with Crippen LogP contribution in [0.1, 0.15) is 29.8 Å². The Labute approximate surface area is 248 Å². The van der Waals surface area contributed by atoms with E-state index >= 15 is 0 Å². The highest BCUT2D eigenvalue weighted by atomic mass is 16.6. The Kier molecular flexibility index (Phi) is 8.88. The number of aromatic nitrogens is 2. The number of hydrogen-bond donors (Lipinski definition) is 3. The van der Waals surface area contributed by atoms with E-state index < -0.39 is 35.8 Å². The number of carbonyl (C=O) groups is 1. The van der Waals surface area contributed by atoms with Gasteiger partial charge in [0.15, 0.2) is 6.23 Å². The summed E-state index contributed by atoms with van der Waals surface area (Å²) in [6.45, 7) is 1.14. The fraction of sp³-hybridized carbons (Fsp3) is 0.281. The van der Waals surface area contributed by atoms with Crippen LogP contribution in [-0.2, 0) is 19.9 Å². The molecule has 1 fully saturated rings. The zero-order valence-corrected chi connectivity index (χ0v) is 23.9. The van der Waals surface area contributed by atoms with Gasteiger partial charge in [0.25, 0.3) is 0 Å². The highest BCUT2D eigenvalue weighted by Crippen LogP contribution is 2.42. The van der Waals surface area contributed by atoms with Crippen LogP contribution in [0.25, 0.3) is 0 Å². The smallest absolute Gasteiger partial charge is 0.351 e. The molecule has 1 amide bonds. The van der Waals surface area contributed by atoms with Crippen LogP contribution in [0, 0.1) is 0 Å². The van der Waals surface area contributed by atoms with Gasteiger partial charge in [-0.05, 0) is 47.0 Å². The molecule has 11 nitrogen and oxygen atoms in total. The van der Waals surface area contributed by atoms with Crippen molar-refractivity contribution in [3.8, 4) is 11.5 Å². The van der Waals surface area contributed by atoms with E-state index in [0.717, 1.165) is 21.3 Å². The van der Waals surface area contributed by atoms with Gasteiger partial charge in [0.05, 0.1) is 20.8 Å². The number of rotatable bonds is 10. The van der Waals surface area contributed by atoms with E-state index in [9.17, 15) is 19.8 Å². The van der Waals surface area contributed by atoms with Crippen LogP contribution in [0.3, 0.4) is 0 Å². The van der Waals surface area contributed by atoms with Crippen molar-refractivity contribution in [2.24, 2.45) is 0 Å². The van der Waals surface area contributed by atoms with Crippen molar-refractivity contribution in [2.45, 2.75) is 37.1 Å². The summed E-state index contributed by atoms with van der Waals surface area (Å²) in [6.07, 6.45) is -3.74. The molecule has 0 saturated carbocycles. The van der Waals surface area contributed by atoms with Gasteiger partial charge >= 0.3 is 5.69 Å². The van der Waals surface area contributed by atoms with Crippen LogP contribution in [0.15, 0.2) is 95.9 Å². The number of aliphatic hydroxyl groups excluding tert-OH is 2. The number of benzene rings is 3. The van der Waals surface area contributed by atoms with E-state index in [0.29, 0.717) is 11.5 Å². The Bertz CT molecular complexity index is 1540. The average molecular weight is 588 g/mol. The Morgan fingerprint density at radius 1 is 0.884 bits per heavy atom. The lowest BCUT2D eigenvalue weighted by molar-refractivity contribution is -0.114. The third-order valence-corrected chi connectivity index (χ3v) is 7.38. The first-order chi connectivity index (χ1) is 20.8. The maximum Gasteiger partial charge on any atom is 0.351 e. The SMILES string of the molecule is COc1ccc(C(OC[C@H]2O[C@@H](n3ccc(NC(C)=O)nc3=O)[C@@H](O)[C@@H]2O)(c2ccccc2)c2ccc(OC)cc2)cc1. The number of methoxy groups -OCH3 is 2. The van der Waals surface area contributed by atoms with Crippen molar-refractivity contribution < 1.29 is 34.0 Å². The normalized spacial score (nSPS) is 20.0. The molecule has 1 aliphatic heterocycles. The second kappa shape index (κ2) is 12.8. The number of carbonyl (C=O) groups excluding carboxylic acids is 1. The molecule has 1 aliphatic rings. The molecule has 11 heteroatoms. The van der Waals surface area contributed by atoms with Gasteiger partial charge in [0.2, 0.25) is 5.91 Å². The lowest BCUT2D eigenvalue weighted by Gasteiger charge is -2.37. The minimum atomic E-state index is -1.45. The van der Waals surface area contributed by atoms with Crippen LogP contribution < -0.4 is 20.5 Å². The summed E-state index contributed by atoms with van der Waals surface area (Å²) in [7, 11) is 3.18. The number of nitrogens with one attached hydrogen (secondary N) is 1. The number of aliphatic hydroxyl groups is 2. The van der Waals surface area contributed by atoms with Gasteiger partial charge in [-0.1, -0.05) is 54.6 Å². The van der Waals surface area contributed by atoms with E-state index in [1.54, 1.807) is 14.2 Å². The van der Waals surface area contributed by atoms with Crippen molar-refractivity contribution in [2.75, 3.05) is 26.1 Å². The summed E-state index contributed by atoms with van der Waals surface area (Å²) < 4.78 is 24.7. The van der Waals surface area contributed by atoms with Crippen LogP contribution in [0.5, 0.6) is 11.5 Å². The average Bonchev–Trinajstić information content (AvgIpc) is 3.31. The summed E-state index contributed by atoms with van der Waals surface area (Å²) in [5, 5.41) is 24.4.